The SMILES string of the molecule is Cc1cnc(N)c(C(N)Cc2ccccc2Br)c1. The summed E-state index contributed by atoms with van der Waals surface area (Å²) in [6.45, 7) is 1.99. The molecule has 1 heterocycles. The topological polar surface area (TPSA) is 64.9 Å². The Morgan fingerprint density at radius 2 is 2.06 bits per heavy atom. The molecule has 0 spiro atoms. The first-order valence-corrected chi connectivity index (χ1v) is 6.58. The second-order valence-electron chi connectivity index (χ2n) is 4.39. The zero-order valence-electron chi connectivity index (χ0n) is 10.2. The van der Waals surface area contributed by atoms with Crippen LogP contribution in [0.25, 0.3) is 0 Å². The number of aromatic nitrogens is 1. The highest BCUT2D eigenvalue weighted by atomic mass is 79.9. The molecule has 0 saturated carbocycles. The van der Waals surface area contributed by atoms with Crippen LogP contribution in [0.3, 0.4) is 0 Å². The van der Waals surface area contributed by atoms with E-state index < -0.39 is 0 Å². The van der Waals surface area contributed by atoms with Crippen molar-refractivity contribution in [1.29, 1.82) is 0 Å². The quantitative estimate of drug-likeness (QED) is 0.916. The molecule has 0 aliphatic rings. The van der Waals surface area contributed by atoms with E-state index in [2.05, 4.69) is 27.0 Å². The summed E-state index contributed by atoms with van der Waals surface area (Å²) in [5, 5.41) is 0. The van der Waals surface area contributed by atoms with Crippen molar-refractivity contribution < 1.29 is 0 Å². The smallest absolute Gasteiger partial charge is 0.128 e. The van der Waals surface area contributed by atoms with E-state index in [9.17, 15) is 0 Å². The molecule has 0 radical (unpaired) electrons. The number of hydrogen-bond acceptors (Lipinski definition) is 3. The van der Waals surface area contributed by atoms with Crippen molar-refractivity contribution in [2.24, 2.45) is 5.73 Å². The molecule has 0 amide bonds. The van der Waals surface area contributed by atoms with Crippen LogP contribution >= 0.6 is 15.9 Å². The molecule has 3 nitrogen and oxygen atoms in total. The third-order valence-electron chi connectivity index (χ3n) is 2.88. The van der Waals surface area contributed by atoms with Gasteiger partial charge in [0, 0.05) is 22.3 Å². The third kappa shape index (κ3) is 2.89. The number of halogens is 1. The maximum Gasteiger partial charge on any atom is 0.128 e. The van der Waals surface area contributed by atoms with Crippen molar-refractivity contribution in [1.82, 2.24) is 4.98 Å². The molecular formula is C14H16BrN3. The summed E-state index contributed by atoms with van der Waals surface area (Å²) in [5.41, 5.74) is 15.3. The average Bonchev–Trinajstić information content (AvgIpc) is 2.35. The number of rotatable bonds is 3. The summed E-state index contributed by atoms with van der Waals surface area (Å²) in [6.07, 6.45) is 2.49. The van der Waals surface area contributed by atoms with Gasteiger partial charge in [0.1, 0.15) is 5.82 Å². The maximum atomic E-state index is 6.22. The first-order chi connectivity index (χ1) is 8.58. The summed E-state index contributed by atoms with van der Waals surface area (Å²) in [6, 6.07) is 9.93. The molecule has 0 aliphatic heterocycles. The van der Waals surface area contributed by atoms with E-state index in [1.807, 2.05) is 31.2 Å². The van der Waals surface area contributed by atoms with Gasteiger partial charge in [-0.25, -0.2) is 4.98 Å². The van der Waals surface area contributed by atoms with Gasteiger partial charge in [-0.2, -0.15) is 0 Å². The second kappa shape index (κ2) is 5.50. The lowest BCUT2D eigenvalue weighted by Gasteiger charge is -2.15. The fourth-order valence-corrected chi connectivity index (χ4v) is 2.36. The molecule has 1 aromatic heterocycles. The largest absolute Gasteiger partial charge is 0.383 e. The van der Waals surface area contributed by atoms with Crippen LogP contribution in [0.2, 0.25) is 0 Å². The van der Waals surface area contributed by atoms with Crippen LogP contribution in [-0.2, 0) is 6.42 Å². The van der Waals surface area contributed by atoms with Gasteiger partial charge in [0.2, 0.25) is 0 Å². The molecule has 0 fully saturated rings. The lowest BCUT2D eigenvalue weighted by molar-refractivity contribution is 0.718. The van der Waals surface area contributed by atoms with Gasteiger partial charge >= 0.3 is 0 Å². The molecule has 4 heteroatoms. The molecule has 0 bridgehead atoms. The number of anilines is 1. The van der Waals surface area contributed by atoms with Crippen LogP contribution in [0.1, 0.15) is 22.7 Å². The Bertz CT molecular complexity index is 554. The Kier molecular flexibility index (Phi) is 3.99. The normalized spacial score (nSPS) is 12.4. The zero-order valence-corrected chi connectivity index (χ0v) is 11.8. The van der Waals surface area contributed by atoms with E-state index in [-0.39, 0.29) is 6.04 Å². The number of hydrogen-bond donors (Lipinski definition) is 2. The van der Waals surface area contributed by atoms with E-state index in [1.165, 1.54) is 5.56 Å². The molecule has 18 heavy (non-hydrogen) atoms. The highest BCUT2D eigenvalue weighted by molar-refractivity contribution is 9.10. The van der Waals surface area contributed by atoms with E-state index >= 15 is 0 Å². The van der Waals surface area contributed by atoms with Gasteiger partial charge in [0.25, 0.3) is 0 Å². The number of nitrogens with zero attached hydrogens (tertiary/aromatic N) is 1. The first-order valence-electron chi connectivity index (χ1n) is 5.79. The summed E-state index contributed by atoms with van der Waals surface area (Å²) in [4.78, 5) is 4.15. The maximum absolute atomic E-state index is 6.22. The van der Waals surface area contributed by atoms with Crippen LogP contribution in [0, 0.1) is 6.92 Å². The molecule has 2 aromatic rings. The van der Waals surface area contributed by atoms with Crippen molar-refractivity contribution in [3.8, 4) is 0 Å². The minimum atomic E-state index is -0.143. The Hall–Kier alpha value is -1.39. The van der Waals surface area contributed by atoms with Crippen molar-refractivity contribution in [3.05, 3.63) is 57.7 Å². The van der Waals surface area contributed by atoms with Gasteiger partial charge in [-0.05, 0) is 36.6 Å². The van der Waals surface area contributed by atoms with E-state index in [0.29, 0.717) is 5.82 Å². The lowest BCUT2D eigenvalue weighted by atomic mass is 9.99. The number of pyridine rings is 1. The Labute approximate surface area is 115 Å². The molecule has 0 aliphatic carbocycles. The highest BCUT2D eigenvalue weighted by Crippen LogP contribution is 2.25. The van der Waals surface area contributed by atoms with Gasteiger partial charge in [-0.15, -0.1) is 0 Å². The van der Waals surface area contributed by atoms with E-state index in [1.54, 1.807) is 6.20 Å². The van der Waals surface area contributed by atoms with Gasteiger partial charge in [-0.3, -0.25) is 0 Å². The van der Waals surface area contributed by atoms with Crippen molar-refractivity contribution in [2.45, 2.75) is 19.4 Å². The standard InChI is InChI=1S/C14H16BrN3/c1-9-6-11(14(17)18-8-9)13(16)7-10-4-2-3-5-12(10)15/h2-6,8,13H,7,16H2,1H3,(H2,17,18). The molecule has 94 valence electrons. The van der Waals surface area contributed by atoms with Gasteiger partial charge < -0.3 is 11.5 Å². The van der Waals surface area contributed by atoms with Crippen LogP contribution in [0.5, 0.6) is 0 Å². The fraction of sp³-hybridized carbons (Fsp3) is 0.214. The van der Waals surface area contributed by atoms with Gasteiger partial charge in [0.05, 0.1) is 0 Å². The third-order valence-corrected chi connectivity index (χ3v) is 3.66. The number of benzene rings is 1. The summed E-state index contributed by atoms with van der Waals surface area (Å²) in [7, 11) is 0. The zero-order chi connectivity index (χ0) is 13.1. The number of aryl methyl sites for hydroxylation is 1. The molecule has 1 unspecified atom stereocenters. The van der Waals surface area contributed by atoms with Crippen LogP contribution < -0.4 is 11.5 Å². The van der Waals surface area contributed by atoms with Crippen molar-refractivity contribution in [3.63, 3.8) is 0 Å². The molecular weight excluding hydrogens is 290 g/mol. The molecule has 1 aromatic carbocycles. The number of nitrogen functional groups attached to an aromatic ring is 1. The minimum Gasteiger partial charge on any atom is -0.383 e. The Morgan fingerprint density at radius 3 is 2.78 bits per heavy atom. The van der Waals surface area contributed by atoms with Crippen LogP contribution in [0.4, 0.5) is 5.82 Å². The minimum absolute atomic E-state index is 0.143. The molecule has 4 N–H and O–H groups in total. The van der Waals surface area contributed by atoms with Crippen molar-refractivity contribution in [2.75, 3.05) is 5.73 Å². The highest BCUT2D eigenvalue weighted by Gasteiger charge is 2.13. The van der Waals surface area contributed by atoms with Crippen LogP contribution in [0.15, 0.2) is 41.0 Å². The predicted octanol–water partition coefficient (Wildman–Crippen LogP) is 2.98. The Morgan fingerprint density at radius 1 is 1.33 bits per heavy atom. The van der Waals surface area contributed by atoms with E-state index in [0.717, 1.165) is 22.0 Å². The van der Waals surface area contributed by atoms with Gasteiger partial charge in [-0.1, -0.05) is 34.1 Å². The fourth-order valence-electron chi connectivity index (χ4n) is 1.91. The van der Waals surface area contributed by atoms with Crippen LogP contribution in [-0.4, -0.2) is 4.98 Å². The summed E-state index contributed by atoms with van der Waals surface area (Å²) in [5.74, 6) is 0.514. The molecule has 2 rings (SSSR count). The number of nitrogens with two attached hydrogens (primary N) is 2. The summed E-state index contributed by atoms with van der Waals surface area (Å²) >= 11 is 3.53. The summed E-state index contributed by atoms with van der Waals surface area (Å²) < 4.78 is 1.07. The van der Waals surface area contributed by atoms with E-state index in [4.69, 9.17) is 11.5 Å². The molecule has 0 saturated heterocycles. The monoisotopic (exact) mass is 305 g/mol. The second-order valence-corrected chi connectivity index (χ2v) is 5.24. The molecule has 1 atom stereocenters. The van der Waals surface area contributed by atoms with Gasteiger partial charge in [0.15, 0.2) is 0 Å². The first kappa shape index (κ1) is 13.1. The lowest BCUT2D eigenvalue weighted by Crippen LogP contribution is -2.16. The average molecular weight is 306 g/mol. The predicted molar refractivity (Wildman–Crippen MR) is 78.2 cm³/mol. The Balaban J connectivity index is 2.25. The van der Waals surface area contributed by atoms with Crippen molar-refractivity contribution >= 4 is 21.7 Å².